The quantitative estimate of drug-likeness (QED) is 0.618. The van der Waals surface area contributed by atoms with Crippen LogP contribution in [0.4, 0.5) is 5.69 Å². The third-order valence-corrected chi connectivity index (χ3v) is 2.30. The molecular formula is C13H18N2O4. The van der Waals surface area contributed by atoms with E-state index in [-0.39, 0.29) is 35.0 Å². The molecule has 0 radical (unpaired) electrons. The van der Waals surface area contributed by atoms with Crippen LogP contribution >= 0.6 is 0 Å². The highest BCUT2D eigenvalue weighted by atomic mass is 16.4. The second kappa shape index (κ2) is 5.71. The van der Waals surface area contributed by atoms with Crippen molar-refractivity contribution in [1.82, 2.24) is 5.32 Å². The van der Waals surface area contributed by atoms with Gasteiger partial charge >= 0.3 is 5.97 Å². The fourth-order valence-electron chi connectivity index (χ4n) is 1.31. The summed E-state index contributed by atoms with van der Waals surface area (Å²) in [6.07, 6.45) is 0. The van der Waals surface area contributed by atoms with E-state index >= 15 is 0 Å². The van der Waals surface area contributed by atoms with Gasteiger partial charge in [0.15, 0.2) is 0 Å². The molecule has 1 aromatic carbocycles. The van der Waals surface area contributed by atoms with Gasteiger partial charge in [0.1, 0.15) is 5.75 Å². The maximum absolute atomic E-state index is 11.7. The molecule has 0 aliphatic heterocycles. The number of carboxylic acids is 1. The number of anilines is 1. The number of phenols is 1. The number of carbonyl (C=O) groups excluding carboxylic acids is 1. The minimum atomic E-state index is -1.12. The normalized spacial score (nSPS) is 11.1. The van der Waals surface area contributed by atoms with Gasteiger partial charge in [-0.25, -0.2) is 4.79 Å². The Bertz CT molecular complexity index is 492. The van der Waals surface area contributed by atoms with Crippen LogP contribution in [0, 0.1) is 0 Å². The number of rotatable bonds is 4. The summed E-state index contributed by atoms with van der Waals surface area (Å²) < 4.78 is 0. The van der Waals surface area contributed by atoms with E-state index in [1.807, 2.05) is 20.8 Å². The van der Waals surface area contributed by atoms with Crippen molar-refractivity contribution in [2.24, 2.45) is 0 Å². The van der Waals surface area contributed by atoms with Gasteiger partial charge in [-0.1, -0.05) is 0 Å². The second-order valence-electron chi connectivity index (χ2n) is 5.19. The van der Waals surface area contributed by atoms with Crippen molar-refractivity contribution in [3.05, 3.63) is 23.8 Å². The average Bonchev–Trinajstić information content (AvgIpc) is 2.28. The van der Waals surface area contributed by atoms with Gasteiger partial charge in [0, 0.05) is 5.54 Å². The molecule has 1 rings (SSSR count). The zero-order valence-electron chi connectivity index (χ0n) is 11.2. The smallest absolute Gasteiger partial charge is 0.335 e. The van der Waals surface area contributed by atoms with Crippen molar-refractivity contribution in [3.63, 3.8) is 0 Å². The lowest BCUT2D eigenvalue weighted by molar-refractivity contribution is -0.115. The molecule has 0 aliphatic carbocycles. The lowest BCUT2D eigenvalue weighted by Crippen LogP contribution is -2.41. The van der Waals surface area contributed by atoms with E-state index in [0.29, 0.717) is 0 Å². The Kier molecular flexibility index (Phi) is 4.50. The highest BCUT2D eigenvalue weighted by molar-refractivity contribution is 5.96. The first-order valence-electron chi connectivity index (χ1n) is 5.80. The third kappa shape index (κ3) is 4.97. The summed E-state index contributed by atoms with van der Waals surface area (Å²) in [5.41, 5.74) is -0.125. The number of nitrogens with one attached hydrogen (secondary N) is 2. The van der Waals surface area contributed by atoms with E-state index in [0.717, 1.165) is 0 Å². The minimum Gasteiger partial charge on any atom is -0.506 e. The van der Waals surface area contributed by atoms with E-state index in [1.54, 1.807) is 0 Å². The number of aromatic carboxylic acids is 1. The van der Waals surface area contributed by atoms with E-state index < -0.39 is 5.97 Å². The number of carbonyl (C=O) groups is 2. The lowest BCUT2D eigenvalue weighted by atomic mass is 10.1. The molecule has 0 atom stereocenters. The summed E-state index contributed by atoms with van der Waals surface area (Å²) in [5, 5.41) is 23.9. The van der Waals surface area contributed by atoms with Gasteiger partial charge in [0.05, 0.1) is 17.8 Å². The van der Waals surface area contributed by atoms with Crippen LogP contribution in [0.25, 0.3) is 0 Å². The van der Waals surface area contributed by atoms with Crippen LogP contribution in [0.1, 0.15) is 31.1 Å². The van der Waals surface area contributed by atoms with Crippen molar-refractivity contribution < 1.29 is 19.8 Å². The first-order valence-corrected chi connectivity index (χ1v) is 5.80. The highest BCUT2D eigenvalue weighted by Gasteiger charge is 2.13. The Hall–Kier alpha value is -2.08. The van der Waals surface area contributed by atoms with Crippen LogP contribution in [0.3, 0.4) is 0 Å². The molecule has 0 heterocycles. The minimum absolute atomic E-state index is 0.00289. The SMILES string of the molecule is CC(C)(C)NCC(=O)Nc1cc(C(=O)O)ccc1O. The Labute approximate surface area is 111 Å². The number of amides is 1. The predicted molar refractivity (Wildman–Crippen MR) is 71.5 cm³/mol. The predicted octanol–water partition coefficient (Wildman–Crippen LogP) is 1.42. The van der Waals surface area contributed by atoms with Crippen molar-refractivity contribution in [2.45, 2.75) is 26.3 Å². The number of carboxylic acid groups (broad SMARTS) is 1. The summed E-state index contributed by atoms with van der Waals surface area (Å²) in [4.78, 5) is 22.5. The van der Waals surface area contributed by atoms with Crippen LogP contribution < -0.4 is 10.6 Å². The maximum Gasteiger partial charge on any atom is 0.335 e. The van der Waals surface area contributed by atoms with Gasteiger partial charge in [0.2, 0.25) is 5.91 Å². The molecule has 4 N–H and O–H groups in total. The van der Waals surface area contributed by atoms with Gasteiger partial charge in [-0.2, -0.15) is 0 Å². The van der Waals surface area contributed by atoms with Crippen molar-refractivity contribution >= 4 is 17.6 Å². The number of hydrogen-bond donors (Lipinski definition) is 4. The molecule has 0 fully saturated rings. The first kappa shape index (κ1) is 15.0. The lowest BCUT2D eigenvalue weighted by Gasteiger charge is -2.20. The Morgan fingerprint density at radius 2 is 1.89 bits per heavy atom. The average molecular weight is 266 g/mol. The molecule has 0 spiro atoms. The Balaban J connectivity index is 2.73. The molecule has 1 amide bonds. The van der Waals surface area contributed by atoms with Crippen LogP contribution in [0.5, 0.6) is 5.75 Å². The van der Waals surface area contributed by atoms with Gasteiger partial charge in [-0.05, 0) is 39.0 Å². The molecule has 0 saturated carbocycles. The van der Waals surface area contributed by atoms with E-state index in [1.165, 1.54) is 18.2 Å². The number of benzene rings is 1. The number of hydrogen-bond acceptors (Lipinski definition) is 4. The standard InChI is InChI=1S/C13H18N2O4/c1-13(2,3)14-7-11(17)15-9-6-8(12(18)19)4-5-10(9)16/h4-6,14,16H,7H2,1-3H3,(H,15,17)(H,18,19). The third-order valence-electron chi connectivity index (χ3n) is 2.30. The molecule has 0 unspecified atom stereocenters. The fourth-order valence-corrected chi connectivity index (χ4v) is 1.31. The van der Waals surface area contributed by atoms with E-state index in [2.05, 4.69) is 10.6 Å². The molecule has 0 bridgehead atoms. The van der Waals surface area contributed by atoms with Crippen LogP contribution in [-0.2, 0) is 4.79 Å². The summed E-state index contributed by atoms with van der Waals surface area (Å²) in [5.74, 6) is -1.65. The maximum atomic E-state index is 11.7. The monoisotopic (exact) mass is 266 g/mol. The molecule has 0 saturated heterocycles. The van der Waals surface area contributed by atoms with Gasteiger partial charge in [-0.3, -0.25) is 4.79 Å². The summed E-state index contributed by atoms with van der Waals surface area (Å²) in [6.45, 7) is 5.83. The van der Waals surface area contributed by atoms with Gasteiger partial charge in [-0.15, -0.1) is 0 Å². The fraction of sp³-hybridized carbons (Fsp3) is 0.385. The molecule has 6 heteroatoms. The van der Waals surface area contributed by atoms with Crippen LogP contribution in [-0.4, -0.2) is 34.2 Å². The van der Waals surface area contributed by atoms with Crippen molar-refractivity contribution in [1.29, 1.82) is 0 Å². The van der Waals surface area contributed by atoms with Gasteiger partial charge in [0.25, 0.3) is 0 Å². The van der Waals surface area contributed by atoms with Crippen LogP contribution in [0.15, 0.2) is 18.2 Å². The molecule has 0 aromatic heterocycles. The zero-order valence-corrected chi connectivity index (χ0v) is 11.2. The van der Waals surface area contributed by atoms with Crippen LogP contribution in [0.2, 0.25) is 0 Å². The van der Waals surface area contributed by atoms with Gasteiger partial charge < -0.3 is 20.8 Å². The first-order chi connectivity index (χ1) is 8.69. The zero-order chi connectivity index (χ0) is 14.6. The molecule has 19 heavy (non-hydrogen) atoms. The topological polar surface area (TPSA) is 98.7 Å². The highest BCUT2D eigenvalue weighted by Crippen LogP contribution is 2.24. The second-order valence-corrected chi connectivity index (χ2v) is 5.19. The Morgan fingerprint density at radius 3 is 2.42 bits per heavy atom. The molecular weight excluding hydrogens is 248 g/mol. The number of phenolic OH excluding ortho intramolecular Hbond substituents is 1. The molecule has 104 valence electrons. The molecule has 6 nitrogen and oxygen atoms in total. The van der Waals surface area contributed by atoms with E-state index in [9.17, 15) is 14.7 Å². The summed E-state index contributed by atoms with van der Waals surface area (Å²) in [7, 11) is 0. The van der Waals surface area contributed by atoms with Crippen molar-refractivity contribution in [2.75, 3.05) is 11.9 Å². The molecule has 1 aromatic rings. The Morgan fingerprint density at radius 1 is 1.26 bits per heavy atom. The summed E-state index contributed by atoms with van der Waals surface area (Å²) >= 11 is 0. The summed E-state index contributed by atoms with van der Waals surface area (Å²) in [6, 6.07) is 3.71. The number of aromatic hydroxyl groups is 1. The largest absolute Gasteiger partial charge is 0.506 e. The molecule has 0 aliphatic rings. The van der Waals surface area contributed by atoms with Crippen molar-refractivity contribution in [3.8, 4) is 5.75 Å². The van der Waals surface area contributed by atoms with E-state index in [4.69, 9.17) is 5.11 Å².